The Bertz CT molecular complexity index is 508. The molecule has 2 aliphatic rings. The third kappa shape index (κ3) is 1.81. The molecule has 0 amide bonds. The number of para-hydroxylation sites is 1. The van der Waals surface area contributed by atoms with Gasteiger partial charge in [0.1, 0.15) is 11.9 Å². The molecule has 2 aliphatic carbocycles. The van der Waals surface area contributed by atoms with Gasteiger partial charge in [0.2, 0.25) is 0 Å². The first kappa shape index (κ1) is 13.9. The van der Waals surface area contributed by atoms with Crippen molar-refractivity contribution in [2.45, 2.75) is 59.1 Å². The average molecular weight is 273 g/mol. The number of hydrogen-bond donors (Lipinski definition) is 1. The second-order valence-electron chi connectivity index (χ2n) is 7.54. The summed E-state index contributed by atoms with van der Waals surface area (Å²) in [5, 5.41) is 0. The van der Waals surface area contributed by atoms with Crippen LogP contribution in [0.4, 0.5) is 0 Å². The van der Waals surface area contributed by atoms with Gasteiger partial charge >= 0.3 is 0 Å². The SMILES string of the molecule is CC(N)c1ccccc1OC1CC2CCC1(C)C2(C)C. The number of ether oxygens (including phenoxy) is 1. The summed E-state index contributed by atoms with van der Waals surface area (Å²) >= 11 is 0. The minimum atomic E-state index is 0.0191. The van der Waals surface area contributed by atoms with Crippen molar-refractivity contribution >= 4 is 0 Å². The Morgan fingerprint density at radius 1 is 1.25 bits per heavy atom. The van der Waals surface area contributed by atoms with E-state index in [9.17, 15) is 0 Å². The monoisotopic (exact) mass is 273 g/mol. The Labute approximate surface area is 122 Å². The fourth-order valence-electron chi connectivity index (χ4n) is 4.43. The van der Waals surface area contributed by atoms with Crippen molar-refractivity contribution in [3.8, 4) is 5.75 Å². The fraction of sp³-hybridized carbons (Fsp3) is 0.667. The lowest BCUT2D eigenvalue weighted by Gasteiger charge is -2.39. The van der Waals surface area contributed by atoms with Gasteiger partial charge in [0.05, 0.1) is 0 Å². The van der Waals surface area contributed by atoms with Crippen molar-refractivity contribution < 1.29 is 4.74 Å². The van der Waals surface area contributed by atoms with Crippen molar-refractivity contribution in [1.82, 2.24) is 0 Å². The standard InChI is InChI=1S/C18H27NO/c1-12(19)14-7-5-6-8-15(14)20-16-11-13-9-10-18(16,4)17(13,2)3/h5-8,12-13,16H,9-11,19H2,1-4H3. The molecule has 0 radical (unpaired) electrons. The first-order chi connectivity index (χ1) is 9.36. The molecule has 1 aromatic rings. The van der Waals surface area contributed by atoms with Crippen LogP contribution in [0.25, 0.3) is 0 Å². The largest absolute Gasteiger partial charge is 0.489 e. The van der Waals surface area contributed by atoms with Gasteiger partial charge in [-0.05, 0) is 43.6 Å². The molecule has 2 fully saturated rings. The zero-order valence-electron chi connectivity index (χ0n) is 13.1. The maximum atomic E-state index is 6.46. The van der Waals surface area contributed by atoms with Gasteiger partial charge in [0.15, 0.2) is 0 Å². The summed E-state index contributed by atoms with van der Waals surface area (Å²) in [6, 6.07) is 8.26. The number of hydrogen-bond acceptors (Lipinski definition) is 2. The Morgan fingerprint density at radius 3 is 2.50 bits per heavy atom. The zero-order valence-corrected chi connectivity index (χ0v) is 13.1. The van der Waals surface area contributed by atoms with Crippen molar-refractivity contribution in [2.24, 2.45) is 22.5 Å². The van der Waals surface area contributed by atoms with Gasteiger partial charge in [0, 0.05) is 17.0 Å². The highest BCUT2D eigenvalue weighted by atomic mass is 16.5. The highest BCUT2D eigenvalue weighted by Gasteiger charge is 2.62. The van der Waals surface area contributed by atoms with Crippen LogP contribution in [0.3, 0.4) is 0 Å². The molecule has 2 heteroatoms. The molecule has 0 saturated heterocycles. The van der Waals surface area contributed by atoms with Gasteiger partial charge in [-0.2, -0.15) is 0 Å². The van der Waals surface area contributed by atoms with Gasteiger partial charge in [-0.25, -0.2) is 0 Å². The molecule has 110 valence electrons. The van der Waals surface area contributed by atoms with Crippen LogP contribution < -0.4 is 10.5 Å². The third-order valence-corrected chi connectivity index (χ3v) is 6.39. The molecule has 4 unspecified atom stereocenters. The van der Waals surface area contributed by atoms with Crippen LogP contribution in [-0.2, 0) is 0 Å². The minimum absolute atomic E-state index is 0.0191. The molecular weight excluding hydrogens is 246 g/mol. The molecule has 3 rings (SSSR count). The van der Waals surface area contributed by atoms with E-state index < -0.39 is 0 Å². The lowest BCUT2D eigenvalue weighted by molar-refractivity contribution is 0.0294. The van der Waals surface area contributed by atoms with Gasteiger partial charge in [-0.15, -0.1) is 0 Å². The smallest absolute Gasteiger partial charge is 0.124 e. The van der Waals surface area contributed by atoms with E-state index in [0.717, 1.165) is 17.2 Å². The minimum Gasteiger partial charge on any atom is -0.489 e. The molecule has 0 spiro atoms. The van der Waals surface area contributed by atoms with Gasteiger partial charge in [0.25, 0.3) is 0 Å². The van der Waals surface area contributed by atoms with Gasteiger partial charge in [-0.3, -0.25) is 0 Å². The fourth-order valence-corrected chi connectivity index (χ4v) is 4.43. The Balaban J connectivity index is 1.87. The molecule has 2 saturated carbocycles. The lowest BCUT2D eigenvalue weighted by atomic mass is 9.70. The van der Waals surface area contributed by atoms with Crippen LogP contribution in [0.15, 0.2) is 24.3 Å². The zero-order chi connectivity index (χ0) is 14.5. The first-order valence-electron chi connectivity index (χ1n) is 7.87. The van der Waals surface area contributed by atoms with Gasteiger partial charge < -0.3 is 10.5 Å². The van der Waals surface area contributed by atoms with E-state index in [2.05, 4.69) is 32.9 Å². The predicted octanol–water partition coefficient (Wildman–Crippen LogP) is 4.30. The van der Waals surface area contributed by atoms with Crippen LogP contribution in [0.2, 0.25) is 0 Å². The predicted molar refractivity (Wildman–Crippen MR) is 82.7 cm³/mol. The molecular formula is C18H27NO. The summed E-state index contributed by atoms with van der Waals surface area (Å²) in [7, 11) is 0. The van der Waals surface area contributed by atoms with Crippen LogP contribution in [0, 0.1) is 16.7 Å². The second kappa shape index (κ2) is 4.49. The Hall–Kier alpha value is -1.02. The molecule has 0 aliphatic heterocycles. The van der Waals surface area contributed by atoms with Crippen LogP contribution >= 0.6 is 0 Å². The molecule has 0 heterocycles. The van der Waals surface area contributed by atoms with E-state index in [1.807, 2.05) is 19.1 Å². The third-order valence-electron chi connectivity index (χ3n) is 6.39. The molecule has 2 N–H and O–H groups in total. The summed E-state index contributed by atoms with van der Waals surface area (Å²) in [4.78, 5) is 0. The van der Waals surface area contributed by atoms with E-state index >= 15 is 0 Å². The number of benzene rings is 1. The van der Waals surface area contributed by atoms with E-state index in [0.29, 0.717) is 16.9 Å². The summed E-state index contributed by atoms with van der Waals surface area (Å²) in [6.07, 6.45) is 4.17. The first-order valence-corrected chi connectivity index (χ1v) is 7.87. The highest BCUT2D eigenvalue weighted by molar-refractivity contribution is 5.36. The van der Waals surface area contributed by atoms with Gasteiger partial charge in [-0.1, -0.05) is 39.0 Å². The normalized spacial score (nSPS) is 36.0. The molecule has 20 heavy (non-hydrogen) atoms. The van der Waals surface area contributed by atoms with Crippen molar-refractivity contribution in [3.05, 3.63) is 29.8 Å². The second-order valence-corrected chi connectivity index (χ2v) is 7.54. The highest BCUT2D eigenvalue weighted by Crippen LogP contribution is 2.66. The summed E-state index contributed by atoms with van der Waals surface area (Å²) in [6.45, 7) is 9.28. The summed E-state index contributed by atoms with van der Waals surface area (Å²) in [5.41, 5.74) is 7.88. The Kier molecular flexibility index (Phi) is 3.13. The van der Waals surface area contributed by atoms with Crippen molar-refractivity contribution in [1.29, 1.82) is 0 Å². The van der Waals surface area contributed by atoms with Crippen LogP contribution in [-0.4, -0.2) is 6.10 Å². The quantitative estimate of drug-likeness (QED) is 0.891. The number of rotatable bonds is 3. The van der Waals surface area contributed by atoms with E-state index in [1.165, 1.54) is 19.3 Å². The molecule has 0 aromatic heterocycles. The van der Waals surface area contributed by atoms with E-state index in [-0.39, 0.29) is 6.04 Å². The number of fused-ring (bicyclic) bond motifs is 2. The average Bonchev–Trinajstić information content (AvgIpc) is 2.72. The Morgan fingerprint density at radius 2 is 1.95 bits per heavy atom. The van der Waals surface area contributed by atoms with E-state index in [4.69, 9.17) is 10.5 Å². The maximum absolute atomic E-state index is 6.46. The summed E-state index contributed by atoms with van der Waals surface area (Å²) < 4.78 is 6.46. The van der Waals surface area contributed by atoms with Crippen molar-refractivity contribution in [3.63, 3.8) is 0 Å². The number of nitrogens with two attached hydrogens (primary N) is 1. The lowest BCUT2D eigenvalue weighted by Crippen LogP contribution is -2.39. The molecule has 1 aromatic carbocycles. The van der Waals surface area contributed by atoms with Crippen molar-refractivity contribution in [2.75, 3.05) is 0 Å². The van der Waals surface area contributed by atoms with Crippen LogP contribution in [0.5, 0.6) is 5.75 Å². The van der Waals surface area contributed by atoms with E-state index in [1.54, 1.807) is 0 Å². The maximum Gasteiger partial charge on any atom is 0.124 e. The van der Waals surface area contributed by atoms with Crippen LogP contribution in [0.1, 0.15) is 58.6 Å². The molecule has 4 atom stereocenters. The topological polar surface area (TPSA) is 35.2 Å². The molecule has 2 nitrogen and oxygen atoms in total. The summed E-state index contributed by atoms with van der Waals surface area (Å²) in [5.74, 6) is 1.79. The molecule has 2 bridgehead atoms.